The number of carbonyl (C=O) groups excluding carboxylic acids is 2. The average Bonchev–Trinajstić information content (AvgIpc) is 3.29. The quantitative estimate of drug-likeness (QED) is 0.568. The molecule has 1 aliphatic carbocycles. The predicted molar refractivity (Wildman–Crippen MR) is 109 cm³/mol. The molecule has 160 valence electrons. The fraction of sp³-hybridized carbons (Fsp3) is 0.217. The number of carbonyl (C=O) groups is 2. The number of benzene rings is 2. The van der Waals surface area contributed by atoms with Gasteiger partial charge in [0.25, 0.3) is 5.91 Å². The number of fused-ring (bicyclic) bond motifs is 1. The van der Waals surface area contributed by atoms with Crippen LogP contribution >= 0.6 is 0 Å². The second-order valence-corrected chi connectivity index (χ2v) is 7.32. The highest BCUT2D eigenvalue weighted by Gasteiger charge is 2.35. The molecule has 4 rings (SSSR count). The molecular formula is C23H19F3N2O3. The van der Waals surface area contributed by atoms with Crippen LogP contribution in [0.15, 0.2) is 65.3 Å². The summed E-state index contributed by atoms with van der Waals surface area (Å²) in [5.74, 6) is -1.69. The summed E-state index contributed by atoms with van der Waals surface area (Å²) in [5.41, 5.74) is 0.441. The Morgan fingerprint density at radius 1 is 1.00 bits per heavy atom. The summed E-state index contributed by atoms with van der Waals surface area (Å²) < 4.78 is 46.0. The summed E-state index contributed by atoms with van der Waals surface area (Å²) in [4.78, 5) is 24.9. The average molecular weight is 428 g/mol. The smallest absolute Gasteiger partial charge is 0.418 e. The number of alkyl halides is 3. The summed E-state index contributed by atoms with van der Waals surface area (Å²) in [6.45, 7) is 0. The Kier molecular flexibility index (Phi) is 5.54. The molecule has 31 heavy (non-hydrogen) atoms. The van der Waals surface area contributed by atoms with Gasteiger partial charge in [-0.1, -0.05) is 24.3 Å². The fourth-order valence-corrected chi connectivity index (χ4v) is 3.81. The summed E-state index contributed by atoms with van der Waals surface area (Å²) in [7, 11) is 0. The first-order chi connectivity index (χ1) is 14.8. The number of halogens is 3. The Hall–Kier alpha value is -3.55. The van der Waals surface area contributed by atoms with Crippen LogP contribution in [0.3, 0.4) is 0 Å². The minimum absolute atomic E-state index is 0.0260. The molecule has 0 radical (unpaired) electrons. The van der Waals surface area contributed by atoms with Gasteiger partial charge in [0.05, 0.1) is 23.4 Å². The van der Waals surface area contributed by atoms with Gasteiger partial charge in [-0.2, -0.15) is 13.2 Å². The predicted octanol–water partition coefficient (Wildman–Crippen LogP) is 5.61. The molecule has 2 aromatic carbocycles. The Bertz CT molecular complexity index is 1110. The van der Waals surface area contributed by atoms with Crippen molar-refractivity contribution >= 4 is 23.2 Å². The molecule has 0 bridgehead atoms. The van der Waals surface area contributed by atoms with Crippen molar-refractivity contribution in [3.8, 4) is 0 Å². The highest BCUT2D eigenvalue weighted by Crippen LogP contribution is 2.38. The topological polar surface area (TPSA) is 71.3 Å². The van der Waals surface area contributed by atoms with Crippen molar-refractivity contribution in [1.82, 2.24) is 0 Å². The number of hydrogen-bond acceptors (Lipinski definition) is 3. The molecule has 2 amide bonds. The van der Waals surface area contributed by atoms with E-state index >= 15 is 0 Å². The van der Waals surface area contributed by atoms with Gasteiger partial charge < -0.3 is 15.1 Å². The molecule has 0 saturated carbocycles. The molecule has 0 spiro atoms. The zero-order chi connectivity index (χ0) is 22.0. The molecule has 1 aromatic heterocycles. The van der Waals surface area contributed by atoms with Gasteiger partial charge in [-0.25, -0.2) is 0 Å². The van der Waals surface area contributed by atoms with Crippen LogP contribution in [0, 0.1) is 0 Å². The molecule has 0 saturated heterocycles. The zero-order valence-electron chi connectivity index (χ0n) is 16.3. The fourth-order valence-electron chi connectivity index (χ4n) is 3.81. The number of hydrogen-bond donors (Lipinski definition) is 2. The highest BCUT2D eigenvalue weighted by atomic mass is 19.4. The summed E-state index contributed by atoms with van der Waals surface area (Å²) in [6, 6.07) is 13.6. The Balaban J connectivity index is 1.58. The molecule has 5 nitrogen and oxygen atoms in total. The standard InChI is InChI=1S/C23H19F3N2O3/c24-23(25,26)18-13-15(27-22(30)20-9-4-12-31-20)10-11-19(18)28-21(29)17-8-3-6-14-5-1-2-7-16(14)17/h1-2,4-5,7,9-13,17H,3,6,8H2,(H,27,30)(H,28,29). The van der Waals surface area contributed by atoms with E-state index in [0.29, 0.717) is 6.42 Å². The van der Waals surface area contributed by atoms with Crippen LogP contribution in [0.25, 0.3) is 0 Å². The minimum atomic E-state index is -4.72. The monoisotopic (exact) mass is 428 g/mol. The molecule has 2 N–H and O–H groups in total. The second-order valence-electron chi connectivity index (χ2n) is 7.32. The summed E-state index contributed by atoms with van der Waals surface area (Å²) in [5, 5.41) is 4.81. The third-order valence-corrected chi connectivity index (χ3v) is 5.27. The van der Waals surface area contributed by atoms with E-state index in [1.54, 1.807) is 0 Å². The third kappa shape index (κ3) is 4.47. The lowest BCUT2D eigenvalue weighted by molar-refractivity contribution is -0.136. The van der Waals surface area contributed by atoms with Gasteiger partial charge >= 0.3 is 6.18 Å². The molecule has 0 aliphatic heterocycles. The lowest BCUT2D eigenvalue weighted by atomic mass is 9.82. The van der Waals surface area contributed by atoms with Crippen LogP contribution in [0.1, 0.15) is 46.0 Å². The van der Waals surface area contributed by atoms with Gasteiger partial charge in [0.1, 0.15) is 0 Å². The lowest BCUT2D eigenvalue weighted by Crippen LogP contribution is -2.26. The maximum Gasteiger partial charge on any atom is 0.418 e. The van der Waals surface area contributed by atoms with Crippen LogP contribution < -0.4 is 10.6 Å². The van der Waals surface area contributed by atoms with Gasteiger partial charge in [-0.05, 0) is 60.7 Å². The second kappa shape index (κ2) is 8.29. The Morgan fingerprint density at radius 2 is 1.81 bits per heavy atom. The number of nitrogens with one attached hydrogen (secondary N) is 2. The number of furan rings is 1. The first-order valence-corrected chi connectivity index (χ1v) is 9.77. The lowest BCUT2D eigenvalue weighted by Gasteiger charge is -2.25. The zero-order valence-corrected chi connectivity index (χ0v) is 16.3. The number of aryl methyl sites for hydroxylation is 1. The van der Waals surface area contributed by atoms with E-state index in [2.05, 4.69) is 10.6 Å². The maximum atomic E-state index is 13.7. The molecule has 1 heterocycles. The molecule has 3 aromatic rings. The van der Waals surface area contributed by atoms with Crippen molar-refractivity contribution in [1.29, 1.82) is 0 Å². The van der Waals surface area contributed by atoms with Crippen molar-refractivity contribution in [3.63, 3.8) is 0 Å². The van der Waals surface area contributed by atoms with Gasteiger partial charge in [0.2, 0.25) is 5.91 Å². The molecule has 1 unspecified atom stereocenters. The Morgan fingerprint density at radius 3 is 2.55 bits per heavy atom. The van der Waals surface area contributed by atoms with Gasteiger partial charge in [0, 0.05) is 5.69 Å². The molecule has 0 fully saturated rings. The van der Waals surface area contributed by atoms with Crippen LogP contribution in [0.5, 0.6) is 0 Å². The SMILES string of the molecule is O=C(Nc1ccc(NC(=O)C2CCCc3ccccc32)c(C(F)(F)F)c1)c1ccco1. The van der Waals surface area contributed by atoms with Gasteiger partial charge in [0.15, 0.2) is 5.76 Å². The van der Waals surface area contributed by atoms with Crippen molar-refractivity contribution in [2.45, 2.75) is 31.4 Å². The van der Waals surface area contributed by atoms with Gasteiger partial charge in [-0.3, -0.25) is 9.59 Å². The van der Waals surface area contributed by atoms with E-state index in [1.807, 2.05) is 24.3 Å². The maximum absolute atomic E-state index is 13.7. The molecule has 1 aliphatic rings. The van der Waals surface area contributed by atoms with E-state index in [1.165, 1.54) is 24.5 Å². The van der Waals surface area contributed by atoms with Crippen molar-refractivity contribution in [2.24, 2.45) is 0 Å². The van der Waals surface area contributed by atoms with Gasteiger partial charge in [-0.15, -0.1) is 0 Å². The number of anilines is 2. The van der Waals surface area contributed by atoms with Crippen molar-refractivity contribution in [3.05, 3.63) is 83.3 Å². The summed E-state index contributed by atoms with van der Waals surface area (Å²) >= 11 is 0. The van der Waals surface area contributed by atoms with E-state index in [0.717, 1.165) is 36.1 Å². The van der Waals surface area contributed by atoms with Crippen LogP contribution in [-0.4, -0.2) is 11.8 Å². The van der Waals surface area contributed by atoms with E-state index in [-0.39, 0.29) is 17.1 Å². The Labute approximate surface area is 176 Å². The van der Waals surface area contributed by atoms with E-state index in [9.17, 15) is 22.8 Å². The normalized spacial score (nSPS) is 15.8. The number of rotatable bonds is 4. The first kappa shape index (κ1) is 20.7. The van der Waals surface area contributed by atoms with Crippen LogP contribution in [-0.2, 0) is 17.4 Å². The molecule has 8 heteroatoms. The highest BCUT2D eigenvalue weighted by molar-refractivity contribution is 6.02. The number of amides is 2. The third-order valence-electron chi connectivity index (χ3n) is 5.27. The van der Waals surface area contributed by atoms with Crippen LogP contribution in [0.4, 0.5) is 24.5 Å². The molecule has 1 atom stereocenters. The minimum Gasteiger partial charge on any atom is -0.459 e. The van der Waals surface area contributed by atoms with Crippen molar-refractivity contribution < 1.29 is 27.2 Å². The van der Waals surface area contributed by atoms with Crippen molar-refractivity contribution in [2.75, 3.05) is 10.6 Å². The largest absolute Gasteiger partial charge is 0.459 e. The van der Waals surface area contributed by atoms with E-state index < -0.39 is 29.5 Å². The van der Waals surface area contributed by atoms with E-state index in [4.69, 9.17) is 4.42 Å². The summed E-state index contributed by atoms with van der Waals surface area (Å²) in [6.07, 6.45) is -1.23. The first-order valence-electron chi connectivity index (χ1n) is 9.77. The van der Waals surface area contributed by atoms with Crippen LogP contribution in [0.2, 0.25) is 0 Å². The molecular weight excluding hydrogens is 409 g/mol.